The SMILES string of the molecule is CN(C)S(=O)(=O)N(C)c1ccc(C(=O)Nc2cccc(NC(=O)c3ccc(C(C)(C)C)cc3)c2)cc1. The first kappa shape index (κ1) is 26.9. The Morgan fingerprint density at radius 1 is 0.722 bits per heavy atom. The summed E-state index contributed by atoms with van der Waals surface area (Å²) in [5.41, 5.74) is 3.53. The predicted octanol–water partition coefficient (Wildman–Crippen LogP) is 4.73. The lowest BCUT2D eigenvalue weighted by molar-refractivity contribution is 0.101. The second-order valence-electron chi connectivity index (χ2n) is 9.62. The van der Waals surface area contributed by atoms with Gasteiger partial charge in [-0.1, -0.05) is 39.0 Å². The first-order valence-corrected chi connectivity index (χ1v) is 12.8. The zero-order valence-electron chi connectivity index (χ0n) is 21.4. The molecule has 0 aliphatic heterocycles. The normalized spacial score (nSPS) is 11.8. The number of carbonyl (C=O) groups is 2. The van der Waals surface area contributed by atoms with Crippen LogP contribution in [0.4, 0.5) is 17.1 Å². The molecule has 0 heterocycles. The zero-order chi connectivity index (χ0) is 26.7. The highest BCUT2D eigenvalue weighted by atomic mass is 32.2. The fraction of sp³-hybridized carbons (Fsp3) is 0.259. The molecule has 0 radical (unpaired) electrons. The molecule has 0 saturated heterocycles. The summed E-state index contributed by atoms with van der Waals surface area (Å²) >= 11 is 0. The van der Waals surface area contributed by atoms with Crippen molar-refractivity contribution in [3.8, 4) is 0 Å². The smallest absolute Gasteiger partial charge is 0.303 e. The van der Waals surface area contributed by atoms with Crippen molar-refractivity contribution in [2.45, 2.75) is 26.2 Å². The van der Waals surface area contributed by atoms with Gasteiger partial charge in [0.05, 0.1) is 5.69 Å². The molecule has 8 nitrogen and oxygen atoms in total. The van der Waals surface area contributed by atoms with Gasteiger partial charge < -0.3 is 10.6 Å². The Morgan fingerprint density at radius 2 is 1.17 bits per heavy atom. The molecule has 0 spiro atoms. The van der Waals surface area contributed by atoms with Crippen LogP contribution in [-0.2, 0) is 15.6 Å². The highest BCUT2D eigenvalue weighted by molar-refractivity contribution is 7.90. The molecule has 0 aliphatic carbocycles. The van der Waals surface area contributed by atoms with Crippen molar-refractivity contribution < 1.29 is 18.0 Å². The van der Waals surface area contributed by atoms with Crippen LogP contribution >= 0.6 is 0 Å². The van der Waals surface area contributed by atoms with Crippen LogP contribution in [-0.4, -0.2) is 45.7 Å². The van der Waals surface area contributed by atoms with Gasteiger partial charge in [0.15, 0.2) is 0 Å². The third-order valence-corrected chi connectivity index (χ3v) is 7.52. The largest absolute Gasteiger partial charge is 0.322 e. The van der Waals surface area contributed by atoms with Gasteiger partial charge >= 0.3 is 10.2 Å². The second-order valence-corrected chi connectivity index (χ2v) is 11.8. The molecule has 0 unspecified atom stereocenters. The van der Waals surface area contributed by atoms with Crippen LogP contribution in [0.1, 0.15) is 47.1 Å². The highest BCUT2D eigenvalue weighted by Gasteiger charge is 2.21. The molecule has 0 saturated carbocycles. The molecule has 0 bridgehead atoms. The summed E-state index contributed by atoms with van der Waals surface area (Å²) in [6, 6.07) is 20.6. The van der Waals surface area contributed by atoms with E-state index in [1.165, 1.54) is 21.1 Å². The van der Waals surface area contributed by atoms with E-state index < -0.39 is 10.2 Å². The molecule has 190 valence electrons. The molecule has 9 heteroatoms. The maximum Gasteiger partial charge on any atom is 0.303 e. The summed E-state index contributed by atoms with van der Waals surface area (Å²) in [4.78, 5) is 25.4. The lowest BCUT2D eigenvalue weighted by Gasteiger charge is -2.23. The van der Waals surface area contributed by atoms with Gasteiger partial charge in [0.25, 0.3) is 11.8 Å². The van der Waals surface area contributed by atoms with Crippen molar-refractivity contribution in [3.63, 3.8) is 0 Å². The molecule has 2 N–H and O–H groups in total. The minimum atomic E-state index is -3.62. The predicted molar refractivity (Wildman–Crippen MR) is 145 cm³/mol. The summed E-state index contributed by atoms with van der Waals surface area (Å²) in [6.45, 7) is 6.35. The zero-order valence-corrected chi connectivity index (χ0v) is 22.2. The van der Waals surface area contributed by atoms with E-state index >= 15 is 0 Å². The van der Waals surface area contributed by atoms with Crippen LogP contribution in [0, 0.1) is 0 Å². The topological polar surface area (TPSA) is 98.8 Å². The molecule has 2 amide bonds. The van der Waals surface area contributed by atoms with Crippen molar-refractivity contribution in [3.05, 3.63) is 89.5 Å². The molecule has 0 atom stereocenters. The van der Waals surface area contributed by atoms with Gasteiger partial charge in [-0.25, -0.2) is 0 Å². The van der Waals surface area contributed by atoms with Crippen molar-refractivity contribution >= 4 is 39.1 Å². The average molecular weight is 509 g/mol. The molecule has 3 rings (SSSR count). The Labute approximate surface area is 213 Å². The molecule has 0 aromatic heterocycles. The fourth-order valence-electron chi connectivity index (χ4n) is 3.40. The number of carbonyl (C=O) groups excluding carboxylic acids is 2. The van der Waals surface area contributed by atoms with Crippen molar-refractivity contribution in [1.29, 1.82) is 0 Å². The van der Waals surface area contributed by atoms with E-state index in [-0.39, 0.29) is 17.2 Å². The lowest BCUT2D eigenvalue weighted by atomic mass is 9.87. The number of nitrogens with zero attached hydrogens (tertiary/aromatic N) is 2. The Balaban J connectivity index is 1.67. The Morgan fingerprint density at radius 3 is 1.58 bits per heavy atom. The summed E-state index contributed by atoms with van der Waals surface area (Å²) < 4.78 is 26.8. The van der Waals surface area contributed by atoms with Crippen molar-refractivity contribution in [2.75, 3.05) is 36.1 Å². The number of benzene rings is 3. The molecule has 3 aromatic rings. The fourth-order valence-corrected chi connectivity index (χ4v) is 4.28. The summed E-state index contributed by atoms with van der Waals surface area (Å²) in [7, 11) is 0.726. The van der Waals surface area contributed by atoms with Crippen LogP contribution in [0.3, 0.4) is 0 Å². The van der Waals surface area contributed by atoms with Crippen molar-refractivity contribution in [2.24, 2.45) is 0 Å². The number of nitrogens with one attached hydrogen (secondary N) is 2. The molecular weight excluding hydrogens is 476 g/mol. The first-order valence-electron chi connectivity index (χ1n) is 11.4. The third kappa shape index (κ3) is 6.30. The number of hydrogen-bond donors (Lipinski definition) is 2. The van der Waals surface area contributed by atoms with E-state index in [9.17, 15) is 18.0 Å². The van der Waals surface area contributed by atoms with Gasteiger partial charge in [0, 0.05) is 43.6 Å². The number of hydrogen-bond acceptors (Lipinski definition) is 4. The van der Waals surface area contributed by atoms with E-state index in [2.05, 4.69) is 31.4 Å². The van der Waals surface area contributed by atoms with Crippen LogP contribution < -0.4 is 14.9 Å². The maximum absolute atomic E-state index is 12.7. The van der Waals surface area contributed by atoms with Gasteiger partial charge in [-0.15, -0.1) is 0 Å². The van der Waals surface area contributed by atoms with Gasteiger partial charge in [0.1, 0.15) is 0 Å². The van der Waals surface area contributed by atoms with Crippen LogP contribution in [0.25, 0.3) is 0 Å². The minimum absolute atomic E-state index is 0.00170. The maximum atomic E-state index is 12.7. The standard InChI is InChI=1S/C27H32N4O4S/c1-27(2,3)21-14-10-19(11-15-21)25(32)28-22-8-7-9-23(18-22)29-26(33)20-12-16-24(17-13-20)31(6)36(34,35)30(4)5/h7-18H,1-6H3,(H,28,32)(H,29,33). The second kappa shape index (κ2) is 10.5. The molecule has 0 aliphatic rings. The van der Waals surface area contributed by atoms with Gasteiger partial charge in [-0.05, 0) is 65.6 Å². The van der Waals surface area contributed by atoms with Gasteiger partial charge in [-0.3, -0.25) is 13.9 Å². The highest BCUT2D eigenvalue weighted by Crippen LogP contribution is 2.23. The van der Waals surface area contributed by atoms with Gasteiger partial charge in [-0.2, -0.15) is 12.7 Å². The Hall–Kier alpha value is -3.69. The lowest BCUT2D eigenvalue weighted by Crippen LogP contribution is -2.37. The first-order chi connectivity index (χ1) is 16.8. The van der Waals surface area contributed by atoms with Crippen LogP contribution in [0.2, 0.25) is 0 Å². The third-order valence-electron chi connectivity index (χ3n) is 5.69. The van der Waals surface area contributed by atoms with Crippen LogP contribution in [0.15, 0.2) is 72.8 Å². The van der Waals surface area contributed by atoms with E-state index in [0.29, 0.717) is 28.2 Å². The monoisotopic (exact) mass is 508 g/mol. The van der Waals surface area contributed by atoms with E-state index in [1.54, 1.807) is 60.7 Å². The van der Waals surface area contributed by atoms with Gasteiger partial charge in [0.2, 0.25) is 0 Å². The van der Waals surface area contributed by atoms with Crippen molar-refractivity contribution in [1.82, 2.24) is 4.31 Å². The molecular formula is C27H32N4O4S. The summed E-state index contributed by atoms with van der Waals surface area (Å²) in [6.07, 6.45) is 0. The Kier molecular flexibility index (Phi) is 7.86. The van der Waals surface area contributed by atoms with E-state index in [1.807, 2.05) is 12.1 Å². The quantitative estimate of drug-likeness (QED) is 0.482. The summed E-state index contributed by atoms with van der Waals surface area (Å²) in [5.74, 6) is -0.604. The summed E-state index contributed by atoms with van der Waals surface area (Å²) in [5, 5.41) is 5.66. The number of amides is 2. The average Bonchev–Trinajstić information content (AvgIpc) is 2.83. The van der Waals surface area contributed by atoms with E-state index in [4.69, 9.17) is 0 Å². The molecule has 36 heavy (non-hydrogen) atoms. The number of rotatable bonds is 7. The Bertz CT molecular complexity index is 1340. The molecule has 3 aromatic carbocycles. The molecule has 0 fully saturated rings. The van der Waals surface area contributed by atoms with Crippen LogP contribution in [0.5, 0.6) is 0 Å². The minimum Gasteiger partial charge on any atom is -0.322 e. The van der Waals surface area contributed by atoms with E-state index in [0.717, 1.165) is 14.2 Å². The number of anilines is 3.